The molecule has 2 aromatic heterocycles. The van der Waals surface area contributed by atoms with Gasteiger partial charge in [-0.3, -0.25) is 4.90 Å². The van der Waals surface area contributed by atoms with Gasteiger partial charge in [0.25, 0.3) is 0 Å². The number of thiophene rings is 1. The molecule has 0 bridgehead atoms. The lowest BCUT2D eigenvalue weighted by molar-refractivity contribution is 0.322. The van der Waals surface area contributed by atoms with Crippen LogP contribution in [0, 0.1) is 0 Å². The maximum atomic E-state index is 6.29. The van der Waals surface area contributed by atoms with Crippen molar-refractivity contribution in [3.8, 4) is 0 Å². The van der Waals surface area contributed by atoms with E-state index in [0.717, 1.165) is 29.6 Å². The largest absolute Gasteiger partial charge is 0.297 e. The second-order valence-corrected chi connectivity index (χ2v) is 6.27. The minimum Gasteiger partial charge on any atom is -0.297 e. The van der Waals surface area contributed by atoms with E-state index in [-0.39, 0.29) is 0 Å². The SMILES string of the molecule is CN(Cc1cccs1)Cc1cc2ccccc2nc1Cl. The average molecular weight is 303 g/mol. The molecule has 0 aliphatic rings. The molecule has 0 fully saturated rings. The quantitative estimate of drug-likeness (QED) is 0.656. The Labute approximate surface area is 127 Å². The molecule has 0 spiro atoms. The number of para-hydroxylation sites is 1. The third-order valence-corrected chi connectivity index (χ3v) is 4.38. The van der Waals surface area contributed by atoms with Gasteiger partial charge in [0, 0.05) is 28.9 Å². The Morgan fingerprint density at radius 2 is 2.00 bits per heavy atom. The van der Waals surface area contributed by atoms with Gasteiger partial charge in [-0.1, -0.05) is 35.9 Å². The average Bonchev–Trinajstić information content (AvgIpc) is 2.92. The molecule has 0 saturated heterocycles. The number of hydrogen-bond acceptors (Lipinski definition) is 3. The van der Waals surface area contributed by atoms with E-state index in [1.54, 1.807) is 11.3 Å². The van der Waals surface area contributed by atoms with E-state index in [2.05, 4.69) is 46.6 Å². The zero-order chi connectivity index (χ0) is 13.9. The van der Waals surface area contributed by atoms with Gasteiger partial charge in [0.15, 0.2) is 0 Å². The molecule has 0 aliphatic carbocycles. The number of halogens is 1. The predicted octanol–water partition coefficient (Wildman–Crippen LogP) is 4.58. The summed E-state index contributed by atoms with van der Waals surface area (Å²) in [5, 5.41) is 3.84. The number of aromatic nitrogens is 1. The summed E-state index contributed by atoms with van der Waals surface area (Å²) in [6, 6.07) is 14.4. The Balaban J connectivity index is 1.81. The van der Waals surface area contributed by atoms with Crippen molar-refractivity contribution in [1.82, 2.24) is 9.88 Å². The summed E-state index contributed by atoms with van der Waals surface area (Å²) in [6.45, 7) is 1.73. The van der Waals surface area contributed by atoms with Crippen molar-refractivity contribution < 1.29 is 0 Å². The third kappa shape index (κ3) is 3.01. The summed E-state index contributed by atoms with van der Waals surface area (Å²) >= 11 is 8.07. The van der Waals surface area contributed by atoms with Crippen LogP contribution in [0.3, 0.4) is 0 Å². The Morgan fingerprint density at radius 3 is 2.80 bits per heavy atom. The minimum atomic E-state index is 0.599. The monoisotopic (exact) mass is 302 g/mol. The molecule has 3 aromatic rings. The van der Waals surface area contributed by atoms with Crippen molar-refractivity contribution in [3.63, 3.8) is 0 Å². The van der Waals surface area contributed by atoms with Gasteiger partial charge in [-0.25, -0.2) is 4.98 Å². The van der Waals surface area contributed by atoms with E-state index in [4.69, 9.17) is 11.6 Å². The van der Waals surface area contributed by atoms with E-state index < -0.39 is 0 Å². The van der Waals surface area contributed by atoms with E-state index in [1.807, 2.05) is 18.2 Å². The summed E-state index contributed by atoms with van der Waals surface area (Å²) in [7, 11) is 2.10. The second kappa shape index (κ2) is 5.92. The molecule has 0 N–H and O–H groups in total. The van der Waals surface area contributed by atoms with Crippen molar-refractivity contribution in [1.29, 1.82) is 0 Å². The van der Waals surface area contributed by atoms with Crippen LogP contribution in [0.5, 0.6) is 0 Å². The van der Waals surface area contributed by atoms with Crippen LogP contribution in [-0.2, 0) is 13.1 Å². The number of rotatable bonds is 4. The molecule has 1 aromatic carbocycles. The molecule has 0 unspecified atom stereocenters. The fraction of sp³-hybridized carbons (Fsp3) is 0.188. The zero-order valence-electron chi connectivity index (χ0n) is 11.2. The molecular formula is C16H15ClN2S. The predicted molar refractivity (Wildman–Crippen MR) is 86.2 cm³/mol. The van der Waals surface area contributed by atoms with Gasteiger partial charge in [0.05, 0.1) is 5.52 Å². The molecule has 0 radical (unpaired) electrons. The second-order valence-electron chi connectivity index (χ2n) is 4.88. The molecular weight excluding hydrogens is 288 g/mol. The number of nitrogens with zero attached hydrogens (tertiary/aromatic N) is 2. The normalized spacial score (nSPS) is 11.3. The highest BCUT2D eigenvalue weighted by Gasteiger charge is 2.08. The number of benzene rings is 1. The lowest BCUT2D eigenvalue weighted by Gasteiger charge is -2.16. The highest BCUT2D eigenvalue weighted by molar-refractivity contribution is 7.09. The highest BCUT2D eigenvalue weighted by atomic mass is 35.5. The van der Waals surface area contributed by atoms with Gasteiger partial charge in [0.1, 0.15) is 5.15 Å². The first-order valence-electron chi connectivity index (χ1n) is 6.47. The van der Waals surface area contributed by atoms with E-state index >= 15 is 0 Å². The van der Waals surface area contributed by atoms with Gasteiger partial charge in [-0.15, -0.1) is 11.3 Å². The molecule has 0 saturated carbocycles. The van der Waals surface area contributed by atoms with E-state index in [1.165, 1.54) is 4.88 Å². The number of hydrogen-bond donors (Lipinski definition) is 0. The van der Waals surface area contributed by atoms with Crippen LogP contribution in [0.25, 0.3) is 10.9 Å². The summed E-state index contributed by atoms with van der Waals surface area (Å²) in [5.74, 6) is 0. The first kappa shape index (κ1) is 13.6. The van der Waals surface area contributed by atoms with E-state index in [9.17, 15) is 0 Å². The fourth-order valence-corrected chi connectivity index (χ4v) is 3.25. The number of pyridine rings is 1. The third-order valence-electron chi connectivity index (χ3n) is 3.20. The topological polar surface area (TPSA) is 16.1 Å². The van der Waals surface area contributed by atoms with E-state index in [0.29, 0.717) is 5.15 Å². The zero-order valence-corrected chi connectivity index (χ0v) is 12.8. The fourth-order valence-electron chi connectivity index (χ4n) is 2.26. The van der Waals surface area contributed by atoms with Crippen LogP contribution in [0.4, 0.5) is 0 Å². The maximum Gasteiger partial charge on any atom is 0.134 e. The maximum absolute atomic E-state index is 6.29. The summed E-state index contributed by atoms with van der Waals surface area (Å²) in [4.78, 5) is 8.08. The summed E-state index contributed by atoms with van der Waals surface area (Å²) in [6.07, 6.45) is 0. The van der Waals surface area contributed by atoms with Crippen LogP contribution in [-0.4, -0.2) is 16.9 Å². The molecule has 2 nitrogen and oxygen atoms in total. The minimum absolute atomic E-state index is 0.599. The van der Waals surface area contributed by atoms with Crippen molar-refractivity contribution in [2.24, 2.45) is 0 Å². The Kier molecular flexibility index (Phi) is 4.01. The molecule has 0 aliphatic heterocycles. The summed E-state index contributed by atoms with van der Waals surface area (Å²) < 4.78 is 0. The smallest absolute Gasteiger partial charge is 0.134 e. The molecule has 4 heteroatoms. The Bertz CT molecular complexity index is 710. The first-order valence-corrected chi connectivity index (χ1v) is 7.73. The molecule has 102 valence electrons. The Morgan fingerprint density at radius 1 is 1.15 bits per heavy atom. The van der Waals surface area contributed by atoms with Gasteiger partial charge < -0.3 is 0 Å². The van der Waals surface area contributed by atoms with Gasteiger partial charge in [-0.05, 0) is 30.6 Å². The molecule has 0 atom stereocenters. The lowest BCUT2D eigenvalue weighted by Crippen LogP contribution is -2.17. The van der Waals surface area contributed by atoms with Crippen LogP contribution < -0.4 is 0 Å². The van der Waals surface area contributed by atoms with Gasteiger partial charge >= 0.3 is 0 Å². The van der Waals surface area contributed by atoms with Gasteiger partial charge in [-0.2, -0.15) is 0 Å². The molecule has 3 rings (SSSR count). The lowest BCUT2D eigenvalue weighted by atomic mass is 10.1. The van der Waals surface area contributed by atoms with Gasteiger partial charge in [0.2, 0.25) is 0 Å². The van der Waals surface area contributed by atoms with Crippen molar-refractivity contribution in [3.05, 3.63) is 63.4 Å². The van der Waals surface area contributed by atoms with Crippen LogP contribution in [0.1, 0.15) is 10.4 Å². The van der Waals surface area contributed by atoms with Crippen molar-refractivity contribution in [2.75, 3.05) is 7.05 Å². The number of fused-ring (bicyclic) bond motifs is 1. The standard InChI is InChI=1S/C16H15ClN2S/c1-19(11-14-6-4-8-20-14)10-13-9-12-5-2-3-7-15(12)18-16(13)17/h2-9H,10-11H2,1H3. The van der Waals surface area contributed by atoms with Crippen LogP contribution in [0.15, 0.2) is 47.8 Å². The highest BCUT2D eigenvalue weighted by Crippen LogP contribution is 2.22. The molecule has 2 heterocycles. The molecule has 20 heavy (non-hydrogen) atoms. The van der Waals surface area contributed by atoms with Crippen LogP contribution in [0.2, 0.25) is 5.15 Å². The van der Waals surface area contributed by atoms with Crippen molar-refractivity contribution in [2.45, 2.75) is 13.1 Å². The first-order chi connectivity index (χ1) is 9.72. The van der Waals surface area contributed by atoms with Crippen LogP contribution >= 0.6 is 22.9 Å². The Hall–Kier alpha value is -1.42. The van der Waals surface area contributed by atoms with Crippen molar-refractivity contribution >= 4 is 33.8 Å². The molecule has 0 amide bonds. The summed E-state index contributed by atoms with van der Waals surface area (Å²) in [5.41, 5.74) is 2.02.